The van der Waals surface area contributed by atoms with Crippen molar-refractivity contribution in [3.05, 3.63) is 27.7 Å². The van der Waals surface area contributed by atoms with Crippen LogP contribution in [-0.2, 0) is 14.3 Å². The van der Waals surface area contributed by atoms with Gasteiger partial charge in [0.15, 0.2) is 0 Å². The molecular weight excluding hydrogens is 426 g/mol. The maximum absolute atomic E-state index is 12.8. The molecule has 6 heteroatoms. The van der Waals surface area contributed by atoms with E-state index in [4.69, 9.17) is 4.74 Å². The molecule has 2 aliphatic carbocycles. The van der Waals surface area contributed by atoms with Crippen molar-refractivity contribution < 1.29 is 14.3 Å². The number of fused-ring (bicyclic) bond motifs is 1. The highest BCUT2D eigenvalue weighted by molar-refractivity contribution is 9.10. The number of alkyl halides is 1. The molecule has 0 spiro atoms. The second-order valence-electron chi connectivity index (χ2n) is 6.87. The minimum atomic E-state index is -0.292. The highest BCUT2D eigenvalue weighted by atomic mass is 79.9. The fourth-order valence-corrected chi connectivity index (χ4v) is 5.85. The van der Waals surface area contributed by atoms with Gasteiger partial charge in [0.1, 0.15) is 6.10 Å². The Hall–Kier alpha value is -0.880. The van der Waals surface area contributed by atoms with E-state index in [0.29, 0.717) is 0 Å². The van der Waals surface area contributed by atoms with Gasteiger partial charge in [0, 0.05) is 16.1 Å². The highest BCUT2D eigenvalue weighted by Crippen LogP contribution is 2.60. The van der Waals surface area contributed by atoms with Crippen molar-refractivity contribution in [3.8, 4) is 0 Å². The van der Waals surface area contributed by atoms with Crippen LogP contribution in [0.4, 0.5) is 5.69 Å². The van der Waals surface area contributed by atoms with E-state index in [2.05, 4.69) is 37.2 Å². The Kier molecular flexibility index (Phi) is 3.61. The predicted molar refractivity (Wildman–Crippen MR) is 93.4 cm³/mol. The van der Waals surface area contributed by atoms with Crippen LogP contribution in [0.3, 0.4) is 0 Å². The Balaban J connectivity index is 1.60. The molecule has 3 fully saturated rings. The summed E-state index contributed by atoms with van der Waals surface area (Å²) in [4.78, 5) is 25.1. The molecule has 2 bridgehead atoms. The van der Waals surface area contributed by atoms with E-state index in [-0.39, 0.29) is 46.5 Å². The number of hydrogen-bond donors (Lipinski definition) is 1. The molecule has 1 amide bonds. The van der Waals surface area contributed by atoms with Gasteiger partial charge in [-0.2, -0.15) is 0 Å². The highest BCUT2D eigenvalue weighted by Gasteiger charge is 2.67. The summed E-state index contributed by atoms with van der Waals surface area (Å²) in [6, 6.07) is 3.90. The molecule has 0 aromatic heterocycles. The third kappa shape index (κ3) is 2.21. The van der Waals surface area contributed by atoms with Crippen molar-refractivity contribution in [1.29, 1.82) is 0 Å². The summed E-state index contributed by atoms with van der Waals surface area (Å²) >= 11 is 7.17. The zero-order valence-corrected chi connectivity index (χ0v) is 16.0. The number of rotatable bonds is 2. The van der Waals surface area contributed by atoms with Gasteiger partial charge in [-0.15, -0.1) is 0 Å². The summed E-state index contributed by atoms with van der Waals surface area (Å²) in [6.45, 7) is 4.00. The van der Waals surface area contributed by atoms with Gasteiger partial charge in [0.25, 0.3) is 0 Å². The lowest BCUT2D eigenvalue weighted by molar-refractivity contribution is -0.145. The molecule has 4 nitrogen and oxygen atoms in total. The third-order valence-corrected chi connectivity index (χ3v) is 7.98. The molecule has 0 radical (unpaired) electrons. The van der Waals surface area contributed by atoms with Crippen LogP contribution in [0.15, 0.2) is 16.6 Å². The van der Waals surface area contributed by atoms with Crippen LogP contribution in [0.25, 0.3) is 0 Å². The number of esters is 1. The quantitative estimate of drug-likeness (QED) is 0.562. The van der Waals surface area contributed by atoms with E-state index in [1.165, 1.54) is 0 Å². The Morgan fingerprint density at radius 3 is 2.57 bits per heavy atom. The average molecular weight is 443 g/mol. The molecule has 1 N–H and O–H groups in total. The van der Waals surface area contributed by atoms with Gasteiger partial charge in [-0.1, -0.05) is 31.9 Å². The summed E-state index contributed by atoms with van der Waals surface area (Å²) < 4.78 is 6.52. The largest absolute Gasteiger partial charge is 0.461 e. The number of carbonyl (C=O) groups is 2. The lowest BCUT2D eigenvalue weighted by Crippen LogP contribution is -2.40. The second kappa shape index (κ2) is 5.31. The summed E-state index contributed by atoms with van der Waals surface area (Å²) in [7, 11) is 0. The maximum atomic E-state index is 12.8. The Labute approximate surface area is 151 Å². The first-order chi connectivity index (χ1) is 10.9. The van der Waals surface area contributed by atoms with Crippen molar-refractivity contribution in [2.75, 3.05) is 5.32 Å². The smallest absolute Gasteiger partial charge is 0.310 e. The molecule has 1 aliphatic heterocycles. The van der Waals surface area contributed by atoms with Crippen LogP contribution in [0.5, 0.6) is 0 Å². The zero-order valence-electron chi connectivity index (χ0n) is 12.8. The van der Waals surface area contributed by atoms with Crippen molar-refractivity contribution >= 4 is 49.4 Å². The lowest BCUT2D eigenvalue weighted by Gasteiger charge is -2.27. The van der Waals surface area contributed by atoms with Crippen molar-refractivity contribution in [2.45, 2.75) is 31.2 Å². The monoisotopic (exact) mass is 441 g/mol. The van der Waals surface area contributed by atoms with Crippen molar-refractivity contribution in [2.24, 2.45) is 23.7 Å². The van der Waals surface area contributed by atoms with Crippen molar-refractivity contribution in [3.63, 3.8) is 0 Å². The molecule has 23 heavy (non-hydrogen) atoms. The van der Waals surface area contributed by atoms with Gasteiger partial charge < -0.3 is 10.1 Å². The fourth-order valence-electron chi connectivity index (χ4n) is 4.57. The van der Waals surface area contributed by atoms with Gasteiger partial charge >= 0.3 is 5.97 Å². The molecule has 3 aliphatic rings. The molecule has 0 unspecified atom stereocenters. The number of aryl methyl sites for hydroxylation is 2. The standard InChI is InChI=1S/C17H17Br2NO3/c1-6-3-8(4-7(2)13(6)18)20-16(21)11-9-5-10-12(11)17(22)23-15(10)14(9)19/h3-4,9-12,14-15H,5H2,1-2H3,(H,20,21)/t9-,10-,11-,12-,14+,15+/m1/s1. The van der Waals surface area contributed by atoms with Gasteiger partial charge in [-0.05, 0) is 49.4 Å². The first kappa shape index (κ1) is 15.6. The fraction of sp³-hybridized carbons (Fsp3) is 0.529. The number of ether oxygens (including phenoxy) is 1. The van der Waals surface area contributed by atoms with E-state index >= 15 is 0 Å². The number of carbonyl (C=O) groups excluding carboxylic acids is 2. The van der Waals surface area contributed by atoms with E-state index in [1.54, 1.807) is 0 Å². The molecule has 1 aromatic carbocycles. The van der Waals surface area contributed by atoms with Gasteiger partial charge in [0.05, 0.1) is 16.7 Å². The first-order valence-corrected chi connectivity index (χ1v) is 9.51. The van der Waals surface area contributed by atoms with E-state index in [1.807, 2.05) is 26.0 Å². The minimum Gasteiger partial charge on any atom is -0.461 e. The first-order valence-electron chi connectivity index (χ1n) is 7.80. The van der Waals surface area contributed by atoms with Crippen LogP contribution in [0.1, 0.15) is 17.5 Å². The van der Waals surface area contributed by atoms with Crippen LogP contribution in [-0.4, -0.2) is 22.8 Å². The SMILES string of the molecule is Cc1cc(NC(=O)[C@@H]2[C@H]3C[C@H]4[C@H](OC(=O)[C@H]42)[C@H]3Br)cc(C)c1Br. The van der Waals surface area contributed by atoms with E-state index < -0.39 is 0 Å². The Morgan fingerprint density at radius 1 is 1.26 bits per heavy atom. The Morgan fingerprint density at radius 2 is 1.91 bits per heavy atom. The minimum absolute atomic E-state index is 0.0429. The maximum Gasteiger partial charge on any atom is 0.310 e. The molecule has 122 valence electrons. The molecule has 1 aromatic rings. The Bertz CT molecular complexity index is 697. The lowest BCUT2D eigenvalue weighted by atomic mass is 9.79. The number of nitrogens with one attached hydrogen (secondary N) is 1. The normalized spacial score (nSPS) is 37.1. The molecule has 2 saturated carbocycles. The van der Waals surface area contributed by atoms with Crippen LogP contribution in [0.2, 0.25) is 0 Å². The predicted octanol–water partition coefficient (Wildman–Crippen LogP) is 3.58. The third-order valence-electron chi connectivity index (χ3n) is 5.53. The van der Waals surface area contributed by atoms with Crippen LogP contribution < -0.4 is 5.32 Å². The average Bonchev–Trinajstić information content (AvgIpc) is 3.08. The number of halogens is 2. The molecule has 1 heterocycles. The number of benzene rings is 1. The van der Waals surface area contributed by atoms with Gasteiger partial charge in [-0.3, -0.25) is 9.59 Å². The number of anilines is 1. The van der Waals surface area contributed by atoms with Crippen LogP contribution in [0, 0.1) is 37.5 Å². The number of amides is 1. The summed E-state index contributed by atoms with van der Waals surface area (Å²) in [5.41, 5.74) is 2.93. The summed E-state index contributed by atoms with van der Waals surface area (Å²) in [5.74, 6) is -0.449. The van der Waals surface area contributed by atoms with Gasteiger partial charge in [0.2, 0.25) is 5.91 Å². The summed E-state index contributed by atoms with van der Waals surface area (Å²) in [5, 5.41) is 3.01. The van der Waals surface area contributed by atoms with E-state index in [9.17, 15) is 9.59 Å². The topological polar surface area (TPSA) is 55.4 Å². The number of hydrogen-bond acceptors (Lipinski definition) is 3. The van der Waals surface area contributed by atoms with Crippen molar-refractivity contribution in [1.82, 2.24) is 0 Å². The molecular formula is C17H17Br2NO3. The second-order valence-corrected chi connectivity index (χ2v) is 8.72. The molecule has 4 rings (SSSR count). The summed E-state index contributed by atoms with van der Waals surface area (Å²) in [6.07, 6.45) is 0.853. The molecule has 1 saturated heterocycles. The van der Waals surface area contributed by atoms with Gasteiger partial charge in [-0.25, -0.2) is 0 Å². The zero-order chi connectivity index (χ0) is 16.5. The van der Waals surface area contributed by atoms with E-state index in [0.717, 1.165) is 27.7 Å². The van der Waals surface area contributed by atoms with Crippen LogP contribution >= 0.6 is 31.9 Å². The molecule has 6 atom stereocenters.